The van der Waals surface area contributed by atoms with Crippen LogP contribution < -0.4 is 0 Å². The Bertz CT molecular complexity index is 1460. The van der Waals surface area contributed by atoms with Crippen LogP contribution in [0.1, 0.15) is 106 Å². The van der Waals surface area contributed by atoms with Gasteiger partial charge >= 0.3 is 11.9 Å². The van der Waals surface area contributed by atoms with Crippen molar-refractivity contribution in [1.29, 1.82) is 0 Å². The van der Waals surface area contributed by atoms with Crippen LogP contribution in [0.4, 0.5) is 0 Å². The Balaban J connectivity index is 1.11. The monoisotopic (exact) mass is 750 g/mol. The average molecular weight is 751 g/mol. The van der Waals surface area contributed by atoms with Gasteiger partial charge in [0.05, 0.1) is 18.1 Å². The van der Waals surface area contributed by atoms with E-state index in [1.807, 2.05) is 0 Å². The van der Waals surface area contributed by atoms with E-state index in [1.54, 1.807) is 0 Å². The quantitative estimate of drug-likeness (QED) is 0.154. The zero-order valence-electron chi connectivity index (χ0n) is 32.0. The third kappa shape index (κ3) is 6.14. The molecule has 300 valence electrons. The molecule has 0 radical (unpaired) electrons. The second-order valence-electron chi connectivity index (χ2n) is 19.6. The highest BCUT2D eigenvalue weighted by Crippen LogP contribution is 2.72. The molecule has 7 aliphatic rings. The molecule has 7 N–H and O–H groups in total. The van der Waals surface area contributed by atoms with E-state index in [0.29, 0.717) is 18.3 Å². The Hall–Kier alpha value is -1.68. The molecule has 0 aromatic rings. The topological polar surface area (TPSA) is 213 Å². The molecule has 1 unspecified atom stereocenters. The number of aliphatic hydroxyl groups excluding tert-OH is 5. The molecule has 0 amide bonds. The Morgan fingerprint density at radius 2 is 1.43 bits per heavy atom. The van der Waals surface area contributed by atoms with Crippen LogP contribution in [0, 0.1) is 50.7 Å². The molecule has 7 rings (SSSR count). The molecule has 13 nitrogen and oxygen atoms in total. The fraction of sp³-hybridized carbons (Fsp3) is 0.900. The zero-order valence-corrected chi connectivity index (χ0v) is 32.0. The highest BCUT2D eigenvalue weighted by Gasteiger charge is 2.66. The van der Waals surface area contributed by atoms with Crippen molar-refractivity contribution >= 4 is 11.9 Å². The number of carboxylic acid groups (broad SMARTS) is 2. The van der Waals surface area contributed by atoms with E-state index in [-0.39, 0.29) is 34.7 Å². The smallest absolute Gasteiger partial charge is 0.335 e. The van der Waals surface area contributed by atoms with E-state index in [9.17, 15) is 45.3 Å². The van der Waals surface area contributed by atoms with Gasteiger partial charge in [-0.3, -0.25) is 4.79 Å². The summed E-state index contributed by atoms with van der Waals surface area (Å²) < 4.78 is 23.3. The van der Waals surface area contributed by atoms with E-state index in [0.717, 1.165) is 57.8 Å². The number of fused-ring (bicyclic) bond motifs is 7. The molecule has 2 heterocycles. The maximum Gasteiger partial charge on any atom is 0.335 e. The number of hydrogen-bond donors (Lipinski definition) is 7. The molecule has 17 atom stereocenters. The van der Waals surface area contributed by atoms with Gasteiger partial charge in [-0.05, 0) is 110 Å². The van der Waals surface area contributed by atoms with E-state index >= 15 is 0 Å². The van der Waals surface area contributed by atoms with Crippen LogP contribution in [0.15, 0.2) is 11.6 Å². The predicted molar refractivity (Wildman–Crippen MR) is 188 cm³/mol. The van der Waals surface area contributed by atoms with Gasteiger partial charge in [-0.2, -0.15) is 0 Å². The molecule has 2 saturated heterocycles. The molecule has 53 heavy (non-hydrogen) atoms. The molecular weight excluding hydrogens is 688 g/mol. The van der Waals surface area contributed by atoms with E-state index in [1.165, 1.54) is 5.57 Å². The zero-order chi connectivity index (χ0) is 38.6. The first kappa shape index (κ1) is 39.6. The van der Waals surface area contributed by atoms with Crippen LogP contribution >= 0.6 is 0 Å². The molecule has 2 aliphatic heterocycles. The number of rotatable bonds is 6. The van der Waals surface area contributed by atoms with Crippen molar-refractivity contribution in [3.05, 3.63) is 11.6 Å². The number of hydrogen-bond acceptors (Lipinski definition) is 11. The first-order valence-electron chi connectivity index (χ1n) is 19.8. The summed E-state index contributed by atoms with van der Waals surface area (Å²) in [5.41, 5.74) is 0.390. The van der Waals surface area contributed by atoms with Gasteiger partial charge in [0.15, 0.2) is 18.7 Å². The van der Waals surface area contributed by atoms with E-state index < -0.39 is 84.2 Å². The van der Waals surface area contributed by atoms with Gasteiger partial charge in [0, 0.05) is 0 Å². The number of allylic oxidation sites excluding steroid dienone is 2. The molecule has 0 aromatic carbocycles. The maximum absolute atomic E-state index is 12.9. The predicted octanol–water partition coefficient (Wildman–Crippen LogP) is 3.22. The second-order valence-corrected chi connectivity index (χ2v) is 19.6. The normalized spacial score (nSPS) is 51.8. The summed E-state index contributed by atoms with van der Waals surface area (Å²) in [7, 11) is 0. The molecule has 0 aromatic heterocycles. The van der Waals surface area contributed by atoms with Crippen LogP contribution in [0.5, 0.6) is 0 Å². The standard InChI is InChI=1S/C40H62O13/c1-36(2)15-16-40(35(48)49)14-9-20-19(21(40)17-36)7-8-24-38(20,5)12-10-23-37(3,4)25(11-13-39(23,24)6)51-34-29(45)30(28(44)31(53-34)32(46)47)52-33-27(43)26(42)22(41)18-50-33/h7,20-31,33-34,41-45H,8-18H2,1-6H3,(H,46,47)(H,48,49)/t20?,21-,22+,23-,24-,25-,26-,27+,28-,29+,30-,31-,33-,34+,38-,39-,40+/m0/s1. The SMILES string of the molecule is CC1(C)CC[C@]2(C(=O)O)CCC3C(=CC[C@@H]4[C@@]5(C)CC[C@H](O[C@@H]6O[C@H](C(=O)O)[C@@H](O)[C@H](O[C@@H]7OC[C@@H](O)[C@H](O)[C@H]7O)[C@H]6O)C(C)(C)[C@@H]5CC[C@@]34C)[C@@H]2C1. The minimum Gasteiger partial charge on any atom is -0.481 e. The third-order valence-corrected chi connectivity index (χ3v) is 16.0. The lowest BCUT2D eigenvalue weighted by atomic mass is 9.37. The van der Waals surface area contributed by atoms with Gasteiger partial charge in [-0.15, -0.1) is 0 Å². The third-order valence-electron chi connectivity index (χ3n) is 16.0. The van der Waals surface area contributed by atoms with Crippen molar-refractivity contribution in [2.75, 3.05) is 6.61 Å². The van der Waals surface area contributed by atoms with Crippen molar-refractivity contribution in [2.24, 2.45) is 50.7 Å². The highest BCUT2D eigenvalue weighted by molar-refractivity contribution is 5.76. The van der Waals surface area contributed by atoms with Gasteiger partial charge < -0.3 is 54.7 Å². The molecule has 0 bridgehead atoms. The minimum absolute atomic E-state index is 0.0266. The second kappa shape index (κ2) is 13.5. The Morgan fingerprint density at radius 3 is 2.11 bits per heavy atom. The van der Waals surface area contributed by atoms with Crippen LogP contribution in [0.25, 0.3) is 0 Å². The van der Waals surface area contributed by atoms with E-state index in [4.69, 9.17) is 18.9 Å². The van der Waals surface area contributed by atoms with Gasteiger partial charge in [0.1, 0.15) is 36.6 Å². The first-order chi connectivity index (χ1) is 24.7. The molecule has 6 fully saturated rings. The van der Waals surface area contributed by atoms with Crippen molar-refractivity contribution in [2.45, 2.75) is 167 Å². The largest absolute Gasteiger partial charge is 0.481 e. The summed E-state index contributed by atoms with van der Waals surface area (Å²) in [6.07, 6.45) is -4.15. The summed E-state index contributed by atoms with van der Waals surface area (Å²) in [6, 6.07) is 0. The lowest BCUT2D eigenvalue weighted by Crippen LogP contribution is -2.66. The fourth-order valence-electron chi connectivity index (χ4n) is 13.0. The van der Waals surface area contributed by atoms with Gasteiger partial charge in [-0.25, -0.2) is 4.79 Å². The maximum atomic E-state index is 12.9. The van der Waals surface area contributed by atoms with Crippen molar-refractivity contribution in [3.63, 3.8) is 0 Å². The van der Waals surface area contributed by atoms with Crippen LogP contribution in [-0.4, -0.2) is 116 Å². The Kier molecular flexibility index (Phi) is 10.1. The lowest BCUT2D eigenvalue weighted by molar-refractivity contribution is -0.356. The van der Waals surface area contributed by atoms with Crippen LogP contribution in [0.3, 0.4) is 0 Å². The number of carbonyl (C=O) groups is 2. The number of carboxylic acids is 2. The van der Waals surface area contributed by atoms with Gasteiger partial charge in [-0.1, -0.05) is 53.2 Å². The molecule has 5 aliphatic carbocycles. The Morgan fingerprint density at radius 1 is 0.736 bits per heavy atom. The van der Waals surface area contributed by atoms with Gasteiger partial charge in [0.25, 0.3) is 0 Å². The van der Waals surface area contributed by atoms with Crippen molar-refractivity contribution in [3.8, 4) is 0 Å². The highest BCUT2D eigenvalue weighted by atomic mass is 16.7. The van der Waals surface area contributed by atoms with Crippen LogP contribution in [-0.2, 0) is 28.5 Å². The van der Waals surface area contributed by atoms with Crippen molar-refractivity contribution < 1.29 is 64.3 Å². The summed E-state index contributed by atoms with van der Waals surface area (Å²) in [4.78, 5) is 25.2. The molecule has 13 heteroatoms. The molecule has 0 spiro atoms. The summed E-state index contributed by atoms with van der Waals surface area (Å²) >= 11 is 0. The number of aliphatic carboxylic acids is 2. The van der Waals surface area contributed by atoms with Crippen molar-refractivity contribution in [1.82, 2.24) is 0 Å². The fourth-order valence-corrected chi connectivity index (χ4v) is 13.0. The minimum atomic E-state index is -1.86. The van der Waals surface area contributed by atoms with E-state index in [2.05, 4.69) is 47.6 Å². The molecular formula is C40H62O13. The van der Waals surface area contributed by atoms with Gasteiger partial charge in [0.2, 0.25) is 0 Å². The average Bonchev–Trinajstić information content (AvgIpc) is 3.07. The molecule has 4 saturated carbocycles. The Labute approximate surface area is 312 Å². The first-order valence-corrected chi connectivity index (χ1v) is 19.8. The summed E-state index contributed by atoms with van der Waals surface area (Å²) in [5.74, 6) is -1.09. The summed E-state index contributed by atoms with van der Waals surface area (Å²) in [5, 5.41) is 73.4. The summed E-state index contributed by atoms with van der Waals surface area (Å²) in [6.45, 7) is 13.4. The lowest BCUT2D eigenvalue weighted by Gasteiger charge is -2.68. The number of aliphatic hydroxyl groups is 5. The number of ether oxygens (including phenoxy) is 4. The van der Waals surface area contributed by atoms with Crippen LogP contribution in [0.2, 0.25) is 0 Å².